The summed E-state index contributed by atoms with van der Waals surface area (Å²) in [6.07, 6.45) is 1.36. The first-order chi connectivity index (χ1) is 7.63. The Hall–Kier alpha value is -1.48. The monoisotopic (exact) mass is 240 g/mol. The third-order valence-electron chi connectivity index (χ3n) is 1.78. The van der Waals surface area contributed by atoms with Gasteiger partial charge in [0.05, 0.1) is 12.2 Å². The van der Waals surface area contributed by atoms with Gasteiger partial charge in [-0.05, 0) is 38.1 Å². The van der Waals surface area contributed by atoms with Gasteiger partial charge in [-0.25, -0.2) is 4.79 Å². The minimum absolute atomic E-state index is 0.352. The number of carbonyl (C=O) groups excluding carboxylic acids is 1. The molecule has 16 heavy (non-hydrogen) atoms. The number of ether oxygens (including phenoxy) is 2. The predicted octanol–water partition coefficient (Wildman–Crippen LogP) is 3.19. The fourth-order valence-corrected chi connectivity index (χ4v) is 1.09. The molecule has 0 saturated carbocycles. The molecule has 0 unspecified atom stereocenters. The van der Waals surface area contributed by atoms with E-state index >= 15 is 0 Å². The lowest BCUT2D eigenvalue weighted by Gasteiger charge is -2.03. The Labute approximate surface area is 99.6 Å². The van der Waals surface area contributed by atoms with Crippen LogP contribution >= 0.6 is 11.6 Å². The van der Waals surface area contributed by atoms with Gasteiger partial charge in [0.1, 0.15) is 12.0 Å². The number of hydrogen-bond donors (Lipinski definition) is 0. The molecule has 1 aromatic carbocycles. The third kappa shape index (κ3) is 3.95. The van der Waals surface area contributed by atoms with Crippen LogP contribution in [-0.2, 0) is 9.53 Å². The second kappa shape index (κ2) is 6.18. The largest absolute Gasteiger partial charge is 0.464 e. The molecule has 0 fully saturated rings. The van der Waals surface area contributed by atoms with Crippen molar-refractivity contribution in [3.63, 3.8) is 0 Å². The van der Waals surface area contributed by atoms with E-state index < -0.39 is 0 Å². The zero-order chi connectivity index (χ0) is 12.0. The number of esters is 1. The van der Waals surface area contributed by atoms with Crippen LogP contribution in [0.4, 0.5) is 0 Å². The molecule has 0 spiro atoms. The quantitative estimate of drug-likeness (QED) is 0.461. The maximum Gasteiger partial charge on any atom is 0.336 e. The lowest BCUT2D eigenvalue weighted by Crippen LogP contribution is -2.05. The van der Waals surface area contributed by atoms with Crippen molar-refractivity contribution in [1.29, 1.82) is 0 Å². The van der Waals surface area contributed by atoms with E-state index in [1.165, 1.54) is 6.26 Å². The standard InChI is InChI=1S/C12H13ClO3/c1-3-15-12(14)9(2)8-16-11-6-4-10(13)5-7-11/h4-8H,3H2,1-2H3/b9-8+. The number of carbonyl (C=O) groups is 1. The van der Waals surface area contributed by atoms with Gasteiger partial charge in [0, 0.05) is 5.02 Å². The molecule has 0 atom stereocenters. The van der Waals surface area contributed by atoms with Crippen molar-refractivity contribution in [1.82, 2.24) is 0 Å². The summed E-state index contributed by atoms with van der Waals surface area (Å²) in [6.45, 7) is 3.74. The first kappa shape index (κ1) is 12.6. The van der Waals surface area contributed by atoms with Crippen molar-refractivity contribution in [2.45, 2.75) is 13.8 Å². The van der Waals surface area contributed by atoms with Gasteiger partial charge in [-0.1, -0.05) is 11.6 Å². The van der Waals surface area contributed by atoms with Crippen LogP contribution in [0, 0.1) is 0 Å². The average Bonchev–Trinajstić information content (AvgIpc) is 2.28. The second-order valence-corrected chi connectivity index (χ2v) is 3.53. The molecule has 0 N–H and O–H groups in total. The SMILES string of the molecule is CCOC(=O)/C(C)=C/Oc1ccc(Cl)cc1. The molecule has 86 valence electrons. The van der Waals surface area contributed by atoms with Crippen LogP contribution in [0.15, 0.2) is 36.1 Å². The Balaban J connectivity index is 2.58. The van der Waals surface area contributed by atoms with E-state index in [1.807, 2.05) is 0 Å². The van der Waals surface area contributed by atoms with Crippen molar-refractivity contribution in [3.05, 3.63) is 41.1 Å². The molecule has 1 rings (SSSR count). The zero-order valence-electron chi connectivity index (χ0n) is 9.20. The molecule has 0 aliphatic heterocycles. The molecule has 0 radical (unpaired) electrons. The summed E-state index contributed by atoms with van der Waals surface area (Å²) in [5, 5.41) is 0.637. The van der Waals surface area contributed by atoms with Crippen molar-refractivity contribution >= 4 is 17.6 Å². The van der Waals surface area contributed by atoms with Gasteiger partial charge in [0.15, 0.2) is 0 Å². The minimum atomic E-state index is -0.378. The molecule has 0 aromatic heterocycles. The molecule has 0 aliphatic rings. The summed E-state index contributed by atoms with van der Waals surface area (Å²) in [4.78, 5) is 11.2. The predicted molar refractivity (Wildman–Crippen MR) is 62.5 cm³/mol. The fraction of sp³-hybridized carbons (Fsp3) is 0.250. The van der Waals surface area contributed by atoms with Crippen molar-refractivity contribution in [3.8, 4) is 5.75 Å². The van der Waals surface area contributed by atoms with E-state index in [2.05, 4.69) is 0 Å². The topological polar surface area (TPSA) is 35.5 Å². The molecule has 0 aliphatic carbocycles. The lowest BCUT2D eigenvalue weighted by molar-refractivity contribution is -0.138. The number of halogens is 1. The highest BCUT2D eigenvalue weighted by atomic mass is 35.5. The van der Waals surface area contributed by atoms with Crippen LogP contribution in [0.3, 0.4) is 0 Å². The van der Waals surface area contributed by atoms with Crippen LogP contribution in [-0.4, -0.2) is 12.6 Å². The van der Waals surface area contributed by atoms with Crippen molar-refractivity contribution < 1.29 is 14.3 Å². The normalized spacial score (nSPS) is 11.1. The number of rotatable bonds is 4. The molecular formula is C12H13ClO3. The maximum atomic E-state index is 11.2. The van der Waals surface area contributed by atoms with E-state index in [0.717, 1.165) is 0 Å². The molecule has 4 heteroatoms. The van der Waals surface area contributed by atoms with E-state index in [4.69, 9.17) is 21.1 Å². The molecule has 1 aromatic rings. The number of benzene rings is 1. The summed E-state index contributed by atoms with van der Waals surface area (Å²) in [7, 11) is 0. The van der Waals surface area contributed by atoms with E-state index in [0.29, 0.717) is 23.0 Å². The Morgan fingerprint density at radius 3 is 2.56 bits per heavy atom. The Morgan fingerprint density at radius 1 is 1.38 bits per heavy atom. The van der Waals surface area contributed by atoms with Crippen molar-refractivity contribution in [2.75, 3.05) is 6.61 Å². The average molecular weight is 241 g/mol. The highest BCUT2D eigenvalue weighted by Crippen LogP contribution is 2.16. The van der Waals surface area contributed by atoms with Gasteiger partial charge >= 0.3 is 5.97 Å². The Bertz CT molecular complexity index is 382. The summed E-state index contributed by atoms with van der Waals surface area (Å²) in [5.74, 6) is 0.240. The smallest absolute Gasteiger partial charge is 0.336 e. The van der Waals surface area contributed by atoms with Crippen LogP contribution in [0.1, 0.15) is 13.8 Å². The second-order valence-electron chi connectivity index (χ2n) is 3.09. The highest BCUT2D eigenvalue weighted by molar-refractivity contribution is 6.30. The van der Waals surface area contributed by atoms with Gasteiger partial charge in [0.2, 0.25) is 0 Å². The molecule has 0 bridgehead atoms. The Morgan fingerprint density at radius 2 is 2.00 bits per heavy atom. The van der Waals surface area contributed by atoms with Crippen LogP contribution in [0.5, 0.6) is 5.75 Å². The minimum Gasteiger partial charge on any atom is -0.464 e. The summed E-state index contributed by atoms with van der Waals surface area (Å²) in [5.41, 5.74) is 0.414. The van der Waals surface area contributed by atoms with E-state index in [9.17, 15) is 4.79 Å². The third-order valence-corrected chi connectivity index (χ3v) is 2.03. The van der Waals surface area contributed by atoms with Gasteiger partial charge in [-0.15, -0.1) is 0 Å². The van der Waals surface area contributed by atoms with E-state index in [1.54, 1.807) is 38.1 Å². The Kier molecular flexibility index (Phi) is 4.86. The van der Waals surface area contributed by atoms with Crippen molar-refractivity contribution in [2.24, 2.45) is 0 Å². The fourth-order valence-electron chi connectivity index (χ4n) is 0.963. The molecule has 0 amide bonds. The zero-order valence-corrected chi connectivity index (χ0v) is 9.95. The van der Waals surface area contributed by atoms with Gasteiger partial charge in [-0.2, -0.15) is 0 Å². The summed E-state index contributed by atoms with van der Waals surface area (Å²) >= 11 is 5.72. The first-order valence-electron chi connectivity index (χ1n) is 4.89. The van der Waals surface area contributed by atoms with Gasteiger partial charge in [0.25, 0.3) is 0 Å². The molecule has 0 saturated heterocycles. The van der Waals surface area contributed by atoms with Crippen LogP contribution in [0.25, 0.3) is 0 Å². The lowest BCUT2D eigenvalue weighted by atomic mass is 10.3. The van der Waals surface area contributed by atoms with Crippen LogP contribution in [0.2, 0.25) is 5.02 Å². The molecule has 0 heterocycles. The first-order valence-corrected chi connectivity index (χ1v) is 5.27. The summed E-state index contributed by atoms with van der Waals surface area (Å²) < 4.78 is 10.1. The maximum absolute atomic E-state index is 11.2. The van der Waals surface area contributed by atoms with E-state index in [-0.39, 0.29) is 5.97 Å². The molecule has 3 nitrogen and oxygen atoms in total. The number of hydrogen-bond acceptors (Lipinski definition) is 3. The summed E-state index contributed by atoms with van der Waals surface area (Å²) in [6, 6.07) is 6.86. The highest BCUT2D eigenvalue weighted by Gasteiger charge is 2.04. The van der Waals surface area contributed by atoms with Gasteiger partial charge < -0.3 is 9.47 Å². The van der Waals surface area contributed by atoms with Gasteiger partial charge in [-0.3, -0.25) is 0 Å². The molecular weight excluding hydrogens is 228 g/mol. The van der Waals surface area contributed by atoms with Crippen LogP contribution < -0.4 is 4.74 Å².